The van der Waals surface area contributed by atoms with E-state index < -0.39 is 11.8 Å². The van der Waals surface area contributed by atoms with Gasteiger partial charge in [0, 0.05) is 12.5 Å². The molecule has 1 fully saturated rings. The van der Waals surface area contributed by atoms with Crippen LogP contribution in [0.5, 0.6) is 5.75 Å². The Balaban J connectivity index is 2.09. The van der Waals surface area contributed by atoms with Gasteiger partial charge in [0.25, 0.3) is 0 Å². The highest BCUT2D eigenvalue weighted by Gasteiger charge is 2.20. The maximum atomic E-state index is 13.8. The molecular weight excluding hydrogens is 307 g/mol. The number of carboxylic acid groups (broad SMARTS) is 1. The van der Waals surface area contributed by atoms with Gasteiger partial charge in [-0.2, -0.15) is 0 Å². The van der Waals surface area contributed by atoms with Gasteiger partial charge in [0.2, 0.25) is 0 Å². The third kappa shape index (κ3) is 2.81. The molecule has 1 aromatic rings. The summed E-state index contributed by atoms with van der Waals surface area (Å²) in [6, 6.07) is 2.65. The predicted molar refractivity (Wildman–Crippen MR) is 65.5 cm³/mol. The van der Waals surface area contributed by atoms with E-state index >= 15 is 0 Å². The molecule has 0 amide bonds. The van der Waals surface area contributed by atoms with E-state index in [0.29, 0.717) is 19.8 Å². The largest absolute Gasteiger partial charge is 0.490 e. The predicted octanol–water partition coefficient (Wildman–Crippen LogP) is 2.70. The second kappa shape index (κ2) is 5.67. The summed E-state index contributed by atoms with van der Waals surface area (Å²) in [7, 11) is 0. The topological polar surface area (TPSA) is 55.8 Å². The molecule has 0 spiro atoms. The third-order valence-electron chi connectivity index (χ3n) is 2.78. The maximum Gasteiger partial charge on any atom is 0.336 e. The van der Waals surface area contributed by atoms with Crippen molar-refractivity contribution in [1.82, 2.24) is 0 Å². The first kappa shape index (κ1) is 13.3. The number of aromatic carboxylic acids is 1. The van der Waals surface area contributed by atoms with E-state index in [1.807, 2.05) is 0 Å². The molecule has 4 nitrogen and oxygen atoms in total. The minimum atomic E-state index is -1.18. The Hall–Kier alpha value is -1.14. The van der Waals surface area contributed by atoms with Crippen molar-refractivity contribution in [2.75, 3.05) is 19.8 Å². The zero-order valence-electron chi connectivity index (χ0n) is 9.49. The van der Waals surface area contributed by atoms with Crippen molar-refractivity contribution in [2.24, 2.45) is 5.92 Å². The fraction of sp³-hybridized carbons (Fsp3) is 0.417. The van der Waals surface area contributed by atoms with E-state index in [9.17, 15) is 9.18 Å². The zero-order valence-corrected chi connectivity index (χ0v) is 11.1. The van der Waals surface area contributed by atoms with Crippen molar-refractivity contribution in [3.05, 3.63) is 28.0 Å². The standard InChI is InChI=1S/C12H12BrFO4/c13-10-8(12(15)16)1-2-9(11(10)14)18-6-7-3-4-17-5-7/h1-2,7H,3-6H2,(H,15,16). The van der Waals surface area contributed by atoms with Crippen LogP contribution in [0, 0.1) is 11.7 Å². The van der Waals surface area contributed by atoms with Crippen molar-refractivity contribution in [3.8, 4) is 5.75 Å². The molecule has 1 heterocycles. The Morgan fingerprint density at radius 3 is 3.00 bits per heavy atom. The van der Waals surface area contributed by atoms with Gasteiger partial charge in [-0.05, 0) is 34.5 Å². The molecule has 0 aliphatic carbocycles. The van der Waals surface area contributed by atoms with Crippen LogP contribution in [-0.4, -0.2) is 30.9 Å². The van der Waals surface area contributed by atoms with Crippen LogP contribution in [0.4, 0.5) is 4.39 Å². The molecule has 1 aromatic carbocycles. The van der Waals surface area contributed by atoms with Crippen molar-refractivity contribution in [1.29, 1.82) is 0 Å². The van der Waals surface area contributed by atoms with Crippen LogP contribution in [0.25, 0.3) is 0 Å². The number of rotatable bonds is 4. The van der Waals surface area contributed by atoms with Gasteiger partial charge in [-0.3, -0.25) is 0 Å². The summed E-state index contributed by atoms with van der Waals surface area (Å²) < 4.78 is 24.3. The summed E-state index contributed by atoms with van der Waals surface area (Å²) in [5, 5.41) is 8.83. The number of carbonyl (C=O) groups is 1. The average Bonchev–Trinajstić information content (AvgIpc) is 2.83. The fourth-order valence-electron chi connectivity index (χ4n) is 1.73. The molecule has 98 valence electrons. The highest BCUT2D eigenvalue weighted by atomic mass is 79.9. The molecule has 0 aromatic heterocycles. The average molecular weight is 319 g/mol. The molecule has 1 N–H and O–H groups in total. The Labute approximate surface area is 112 Å². The molecule has 1 unspecified atom stereocenters. The van der Waals surface area contributed by atoms with Crippen LogP contribution in [0.15, 0.2) is 16.6 Å². The molecular formula is C12H12BrFO4. The Bertz CT molecular complexity index is 458. The number of ether oxygens (including phenoxy) is 2. The van der Waals surface area contributed by atoms with E-state index in [1.165, 1.54) is 12.1 Å². The summed E-state index contributed by atoms with van der Waals surface area (Å²) in [4.78, 5) is 10.8. The third-order valence-corrected chi connectivity index (χ3v) is 3.55. The number of halogens is 2. The summed E-state index contributed by atoms with van der Waals surface area (Å²) >= 11 is 2.92. The van der Waals surface area contributed by atoms with Gasteiger partial charge in [0.05, 0.1) is 23.2 Å². The SMILES string of the molecule is O=C(O)c1ccc(OCC2CCOC2)c(F)c1Br. The van der Waals surface area contributed by atoms with Crippen LogP contribution in [0.2, 0.25) is 0 Å². The summed E-state index contributed by atoms with van der Waals surface area (Å²) in [5.41, 5.74) is -0.121. The van der Waals surface area contributed by atoms with Crippen LogP contribution in [0.3, 0.4) is 0 Å². The van der Waals surface area contributed by atoms with Gasteiger partial charge < -0.3 is 14.6 Å². The first-order chi connectivity index (χ1) is 8.59. The molecule has 1 aliphatic rings. The lowest BCUT2D eigenvalue weighted by atomic mass is 10.1. The highest BCUT2D eigenvalue weighted by Crippen LogP contribution is 2.29. The lowest BCUT2D eigenvalue weighted by molar-refractivity contribution is 0.0695. The Morgan fingerprint density at radius 2 is 2.39 bits per heavy atom. The first-order valence-electron chi connectivity index (χ1n) is 5.51. The van der Waals surface area contributed by atoms with E-state index in [0.717, 1.165) is 6.42 Å². The number of benzene rings is 1. The van der Waals surface area contributed by atoms with E-state index in [4.69, 9.17) is 14.6 Å². The van der Waals surface area contributed by atoms with Gasteiger partial charge in [0.1, 0.15) is 0 Å². The molecule has 0 radical (unpaired) electrons. The summed E-state index contributed by atoms with van der Waals surface area (Å²) in [5.74, 6) is -1.55. The Morgan fingerprint density at radius 1 is 1.61 bits per heavy atom. The van der Waals surface area contributed by atoms with Gasteiger partial charge in [-0.15, -0.1) is 0 Å². The monoisotopic (exact) mass is 318 g/mol. The van der Waals surface area contributed by atoms with Gasteiger partial charge in [-0.1, -0.05) is 0 Å². The molecule has 18 heavy (non-hydrogen) atoms. The lowest BCUT2D eigenvalue weighted by Crippen LogP contribution is -2.12. The normalized spacial score (nSPS) is 18.9. The molecule has 0 saturated carbocycles. The van der Waals surface area contributed by atoms with Crippen LogP contribution < -0.4 is 4.74 Å². The second-order valence-electron chi connectivity index (χ2n) is 4.08. The quantitative estimate of drug-likeness (QED) is 0.927. The van der Waals surface area contributed by atoms with Crippen molar-refractivity contribution < 1.29 is 23.8 Å². The van der Waals surface area contributed by atoms with Gasteiger partial charge in [-0.25, -0.2) is 9.18 Å². The second-order valence-corrected chi connectivity index (χ2v) is 4.88. The zero-order chi connectivity index (χ0) is 13.1. The number of hydrogen-bond acceptors (Lipinski definition) is 3. The molecule has 6 heteroatoms. The molecule has 2 rings (SSSR count). The number of carboxylic acids is 1. The van der Waals surface area contributed by atoms with Gasteiger partial charge >= 0.3 is 5.97 Å². The van der Waals surface area contributed by atoms with Crippen LogP contribution >= 0.6 is 15.9 Å². The fourth-order valence-corrected chi connectivity index (χ4v) is 2.23. The van der Waals surface area contributed by atoms with E-state index in [2.05, 4.69) is 15.9 Å². The van der Waals surface area contributed by atoms with Crippen molar-refractivity contribution in [3.63, 3.8) is 0 Å². The summed E-state index contributed by atoms with van der Waals surface area (Å²) in [6.07, 6.45) is 0.899. The highest BCUT2D eigenvalue weighted by molar-refractivity contribution is 9.10. The van der Waals surface area contributed by atoms with Crippen molar-refractivity contribution in [2.45, 2.75) is 6.42 Å². The lowest BCUT2D eigenvalue weighted by Gasteiger charge is -2.12. The minimum absolute atomic E-state index is 0.0544. The van der Waals surface area contributed by atoms with Crippen molar-refractivity contribution >= 4 is 21.9 Å². The Kier molecular flexibility index (Phi) is 4.19. The molecule has 1 saturated heterocycles. The summed E-state index contributed by atoms with van der Waals surface area (Å²) in [6.45, 7) is 1.70. The van der Waals surface area contributed by atoms with E-state index in [-0.39, 0.29) is 21.7 Å². The first-order valence-corrected chi connectivity index (χ1v) is 6.30. The molecule has 0 bridgehead atoms. The van der Waals surface area contributed by atoms with E-state index in [1.54, 1.807) is 0 Å². The van der Waals surface area contributed by atoms with Gasteiger partial charge in [0.15, 0.2) is 11.6 Å². The minimum Gasteiger partial charge on any atom is -0.490 e. The number of hydrogen-bond donors (Lipinski definition) is 1. The molecule has 1 aliphatic heterocycles. The molecule has 1 atom stereocenters. The van der Waals surface area contributed by atoms with Crippen LogP contribution in [0.1, 0.15) is 16.8 Å². The maximum absolute atomic E-state index is 13.8. The smallest absolute Gasteiger partial charge is 0.336 e. The van der Waals surface area contributed by atoms with Crippen LogP contribution in [-0.2, 0) is 4.74 Å².